The van der Waals surface area contributed by atoms with Crippen molar-refractivity contribution in [3.8, 4) is 0 Å². The number of anilines is 1. The van der Waals surface area contributed by atoms with E-state index in [9.17, 15) is 19.2 Å². The molecule has 6 rings (SSSR count). The van der Waals surface area contributed by atoms with E-state index in [4.69, 9.17) is 4.74 Å². The number of imide groups is 1. The number of ether oxygens (including phenoxy) is 1. The molecule has 0 radical (unpaired) electrons. The lowest BCUT2D eigenvalue weighted by Crippen LogP contribution is -2.51. The van der Waals surface area contributed by atoms with E-state index in [1.165, 1.54) is 0 Å². The van der Waals surface area contributed by atoms with Gasteiger partial charge in [-0.15, -0.1) is 0 Å². The van der Waals surface area contributed by atoms with Crippen molar-refractivity contribution >= 4 is 51.7 Å². The van der Waals surface area contributed by atoms with E-state index in [0.717, 1.165) is 14.0 Å². The highest BCUT2D eigenvalue weighted by Gasteiger charge is 2.74. The first-order valence-electron chi connectivity index (χ1n) is 10.9. The standard InChI is InChI=1S/C27H18INO5/c1-14-9-11-17(12-10-14)29-25(32)20-21(26(29)33)27(34-22(20)15-5-4-6-16(28)13-15)23(30)18-7-2-3-8-19(18)24(27)31/h2-13,20-22H,1H3/t20-,21-,22-/m0/s1. The Bertz CT molecular complexity index is 1380. The zero-order valence-corrected chi connectivity index (χ0v) is 20.2. The van der Waals surface area contributed by atoms with Gasteiger partial charge in [-0.05, 0) is 59.3 Å². The second-order valence-electron chi connectivity index (χ2n) is 8.88. The van der Waals surface area contributed by atoms with Crippen LogP contribution in [0.3, 0.4) is 0 Å². The summed E-state index contributed by atoms with van der Waals surface area (Å²) in [5.74, 6) is -4.38. The van der Waals surface area contributed by atoms with Crippen LogP contribution in [-0.2, 0) is 14.3 Å². The van der Waals surface area contributed by atoms with E-state index >= 15 is 0 Å². The molecule has 3 aromatic carbocycles. The first-order valence-corrected chi connectivity index (χ1v) is 12.0. The third-order valence-corrected chi connectivity index (χ3v) is 7.66. The van der Waals surface area contributed by atoms with Crippen LogP contribution in [0.4, 0.5) is 5.69 Å². The SMILES string of the molecule is Cc1ccc(N2C(=O)[C@H]3[C@@H](C2=O)C2(O[C@H]3c3cccc(I)c3)C(=O)c3ccccc3C2=O)cc1. The van der Waals surface area contributed by atoms with Crippen molar-refractivity contribution in [1.29, 1.82) is 0 Å². The van der Waals surface area contributed by atoms with E-state index in [2.05, 4.69) is 22.6 Å². The largest absolute Gasteiger partial charge is 0.349 e. The number of benzene rings is 3. The molecule has 34 heavy (non-hydrogen) atoms. The molecule has 1 spiro atoms. The van der Waals surface area contributed by atoms with E-state index in [-0.39, 0.29) is 11.1 Å². The van der Waals surface area contributed by atoms with Crippen molar-refractivity contribution in [3.05, 3.63) is 98.6 Å². The van der Waals surface area contributed by atoms with E-state index in [1.807, 2.05) is 37.3 Å². The number of halogens is 1. The summed E-state index contributed by atoms with van der Waals surface area (Å²) in [4.78, 5) is 56.2. The molecule has 3 atom stereocenters. The summed E-state index contributed by atoms with van der Waals surface area (Å²) in [5.41, 5.74) is 0.458. The number of aryl methyl sites for hydroxylation is 1. The van der Waals surface area contributed by atoms with Crippen LogP contribution < -0.4 is 4.90 Å². The van der Waals surface area contributed by atoms with E-state index < -0.39 is 46.9 Å². The molecule has 2 heterocycles. The van der Waals surface area contributed by atoms with Gasteiger partial charge in [-0.2, -0.15) is 0 Å². The smallest absolute Gasteiger partial charge is 0.241 e. The van der Waals surface area contributed by atoms with Crippen LogP contribution in [0.25, 0.3) is 0 Å². The molecule has 2 fully saturated rings. The Morgan fingerprint density at radius 2 is 1.47 bits per heavy atom. The topological polar surface area (TPSA) is 80.8 Å². The molecule has 2 amide bonds. The lowest BCUT2D eigenvalue weighted by Gasteiger charge is -2.27. The molecule has 2 saturated heterocycles. The monoisotopic (exact) mass is 563 g/mol. The first-order chi connectivity index (χ1) is 16.3. The minimum atomic E-state index is -2.05. The Morgan fingerprint density at radius 3 is 2.09 bits per heavy atom. The molecular weight excluding hydrogens is 545 g/mol. The summed E-state index contributed by atoms with van der Waals surface area (Å²) in [6.07, 6.45) is -0.908. The summed E-state index contributed by atoms with van der Waals surface area (Å²) in [6.45, 7) is 1.91. The molecule has 7 heteroatoms. The normalized spacial score (nSPS) is 24.8. The van der Waals surface area contributed by atoms with Crippen molar-refractivity contribution in [2.45, 2.75) is 18.6 Å². The Labute approximate surface area is 209 Å². The van der Waals surface area contributed by atoms with E-state index in [1.54, 1.807) is 42.5 Å². The molecule has 0 saturated carbocycles. The molecule has 2 aliphatic heterocycles. The third kappa shape index (κ3) is 2.71. The molecule has 6 nitrogen and oxygen atoms in total. The second-order valence-corrected chi connectivity index (χ2v) is 10.1. The average Bonchev–Trinajstić information content (AvgIpc) is 3.40. The highest BCUT2D eigenvalue weighted by atomic mass is 127. The molecule has 0 N–H and O–H groups in total. The van der Waals surface area contributed by atoms with Crippen molar-refractivity contribution in [2.75, 3.05) is 4.90 Å². The van der Waals surface area contributed by atoms with Gasteiger partial charge in [0.2, 0.25) is 29.0 Å². The third-order valence-electron chi connectivity index (χ3n) is 6.99. The van der Waals surface area contributed by atoms with Gasteiger partial charge in [0, 0.05) is 14.7 Å². The molecule has 1 aliphatic carbocycles. The molecular formula is C27H18INO5. The predicted octanol–water partition coefficient (Wildman–Crippen LogP) is 4.29. The average molecular weight is 563 g/mol. The number of nitrogens with zero attached hydrogens (tertiary/aromatic N) is 1. The highest BCUT2D eigenvalue weighted by Crippen LogP contribution is 2.57. The minimum Gasteiger partial charge on any atom is -0.349 e. The molecule has 0 aromatic heterocycles. The van der Waals surface area contributed by atoms with Crippen molar-refractivity contribution in [3.63, 3.8) is 0 Å². The van der Waals surface area contributed by atoms with Crippen LogP contribution in [0, 0.1) is 22.3 Å². The van der Waals surface area contributed by atoms with Crippen LogP contribution in [0.1, 0.15) is 37.9 Å². The lowest BCUT2D eigenvalue weighted by atomic mass is 9.77. The predicted molar refractivity (Wildman–Crippen MR) is 131 cm³/mol. The molecule has 168 valence electrons. The van der Waals surface area contributed by atoms with Crippen molar-refractivity contribution < 1.29 is 23.9 Å². The van der Waals surface area contributed by atoms with Crippen LogP contribution >= 0.6 is 22.6 Å². The zero-order valence-electron chi connectivity index (χ0n) is 18.0. The number of carbonyl (C=O) groups excluding carboxylic acids is 4. The summed E-state index contributed by atoms with van der Waals surface area (Å²) in [6, 6.07) is 20.9. The fourth-order valence-corrected chi connectivity index (χ4v) is 6.02. The van der Waals surface area contributed by atoms with E-state index in [0.29, 0.717) is 11.3 Å². The van der Waals surface area contributed by atoms with Gasteiger partial charge >= 0.3 is 0 Å². The molecule has 3 aliphatic rings. The number of hydrogen-bond acceptors (Lipinski definition) is 5. The van der Waals surface area contributed by atoms with Gasteiger partial charge in [0.15, 0.2) is 0 Å². The minimum absolute atomic E-state index is 0.226. The number of fused-ring (bicyclic) bond motifs is 3. The first kappa shape index (κ1) is 21.4. The van der Waals surface area contributed by atoms with Crippen molar-refractivity contribution in [1.82, 2.24) is 0 Å². The van der Waals surface area contributed by atoms with Gasteiger partial charge in [0.25, 0.3) is 0 Å². The van der Waals surface area contributed by atoms with Gasteiger partial charge in [-0.25, -0.2) is 4.90 Å². The fourth-order valence-electron chi connectivity index (χ4n) is 5.45. The summed E-state index contributed by atoms with van der Waals surface area (Å²) in [7, 11) is 0. The number of ketones is 2. The van der Waals surface area contributed by atoms with Gasteiger partial charge in [0.05, 0.1) is 23.6 Å². The fraction of sp³-hybridized carbons (Fsp3) is 0.185. The Balaban J connectivity index is 1.55. The quantitative estimate of drug-likeness (QED) is 0.264. The van der Waals surface area contributed by atoms with Gasteiger partial charge in [0.1, 0.15) is 0 Å². The zero-order chi connectivity index (χ0) is 23.8. The Kier molecular flexibility index (Phi) is 4.66. The molecule has 3 aromatic rings. The van der Waals surface area contributed by atoms with Gasteiger partial charge in [-0.1, -0.05) is 54.1 Å². The number of Topliss-reactive ketones (excluding diaryl/α,β-unsaturated/α-hetero) is 2. The highest BCUT2D eigenvalue weighted by molar-refractivity contribution is 14.1. The van der Waals surface area contributed by atoms with Gasteiger partial charge in [-0.3, -0.25) is 19.2 Å². The second kappa shape index (κ2) is 7.41. The molecule has 0 bridgehead atoms. The molecule has 0 unspecified atom stereocenters. The Morgan fingerprint density at radius 1 is 0.824 bits per heavy atom. The summed E-state index contributed by atoms with van der Waals surface area (Å²) in [5, 5.41) is 0. The maximum Gasteiger partial charge on any atom is 0.241 e. The number of hydrogen-bond donors (Lipinski definition) is 0. The maximum atomic E-state index is 13.8. The number of amides is 2. The van der Waals surface area contributed by atoms with Crippen LogP contribution in [-0.4, -0.2) is 29.0 Å². The number of rotatable bonds is 2. The lowest BCUT2D eigenvalue weighted by molar-refractivity contribution is -0.127. The van der Waals surface area contributed by atoms with Crippen LogP contribution in [0.15, 0.2) is 72.8 Å². The summed E-state index contributed by atoms with van der Waals surface area (Å²) >= 11 is 2.15. The van der Waals surface area contributed by atoms with Gasteiger partial charge < -0.3 is 4.74 Å². The van der Waals surface area contributed by atoms with Crippen LogP contribution in [0.2, 0.25) is 0 Å². The van der Waals surface area contributed by atoms with Crippen LogP contribution in [0.5, 0.6) is 0 Å². The maximum absolute atomic E-state index is 13.8. The summed E-state index contributed by atoms with van der Waals surface area (Å²) < 4.78 is 7.21. The Hall–Kier alpha value is -3.17. The van der Waals surface area contributed by atoms with Crippen molar-refractivity contribution in [2.24, 2.45) is 11.8 Å². The number of carbonyl (C=O) groups is 4.